The maximum atomic E-state index is 8.54. The Hall–Kier alpha value is 2.98. The fraction of sp³-hybridized carbons (Fsp3) is 0. The van der Waals surface area contributed by atoms with Crippen molar-refractivity contribution >= 4 is 104 Å². The van der Waals surface area contributed by atoms with Crippen molar-refractivity contribution in [2.24, 2.45) is 0 Å². The fourth-order valence-electron chi connectivity index (χ4n) is 0. The van der Waals surface area contributed by atoms with E-state index in [0.29, 0.717) is 0 Å². The average molecular weight is 756 g/mol. The number of hydrogen-bond donors (Lipinski definition) is 0. The standard InChI is InChI=1S/Cu.Ga.In.4H2O3Se/c;;;4*1-4(2)3/h;;;4*(H2,1,2,3)/q+2;2*+3;;;;/p-8. The van der Waals surface area contributed by atoms with Gasteiger partial charge in [0.2, 0.25) is 0 Å². The summed E-state index contributed by atoms with van der Waals surface area (Å²) < 4.78 is 103. The second-order valence-corrected chi connectivity index (χ2v) is 4.24. The van der Waals surface area contributed by atoms with Crippen LogP contribution in [0, 0.1) is 0 Å². The zero-order valence-electron chi connectivity index (χ0n) is 7.99. The molecule has 0 atom stereocenters. The van der Waals surface area contributed by atoms with Gasteiger partial charge in [-0.15, -0.1) is 0 Å². The summed E-state index contributed by atoms with van der Waals surface area (Å²) in [5.74, 6) is 0. The van der Waals surface area contributed by atoms with Crippen molar-refractivity contribution < 1.29 is 65.9 Å². The molecule has 1 radical (unpaired) electrons. The van der Waals surface area contributed by atoms with E-state index in [2.05, 4.69) is 0 Å². The van der Waals surface area contributed by atoms with E-state index in [1.54, 1.807) is 0 Å². The molecule has 0 bridgehead atoms. The molecular formula is CuGaInO12Se4. The molecule has 0 aliphatic heterocycles. The van der Waals surface area contributed by atoms with E-state index in [1.165, 1.54) is 0 Å². The SMILES string of the molecule is O=[Se]([O-])[O-].O=[Se]([O-])[O-].O=[Se]([O-])[O-].O=[Se]([O-])[O-].[Cu+2].[Ga+3].[In+3]. The Kier molecular flexibility index (Phi) is 84.7. The zero-order chi connectivity index (χ0) is 14.3. The van der Waals surface area contributed by atoms with Crippen molar-refractivity contribution in [2.45, 2.75) is 0 Å². The van der Waals surface area contributed by atoms with E-state index in [4.69, 9.17) is 48.8 Å². The monoisotopic (exact) mass is 758 g/mol. The van der Waals surface area contributed by atoms with Crippen LogP contribution < -0.4 is 33.5 Å². The fourth-order valence-corrected chi connectivity index (χ4v) is 0. The molecule has 0 saturated carbocycles. The van der Waals surface area contributed by atoms with Gasteiger partial charge in [-0.05, 0) is 0 Å². The van der Waals surface area contributed by atoms with Crippen LogP contribution in [0.1, 0.15) is 0 Å². The summed E-state index contributed by atoms with van der Waals surface area (Å²) in [7, 11) is 0. The van der Waals surface area contributed by atoms with Crippen LogP contribution in [-0.4, -0.2) is 104 Å². The molecular weight excluding hydrogens is 756 g/mol. The van der Waals surface area contributed by atoms with E-state index in [9.17, 15) is 0 Å². The third-order valence-corrected chi connectivity index (χ3v) is 0. The average Bonchev–Trinajstić information content (AvgIpc) is 1.76. The molecule has 19 heavy (non-hydrogen) atoms. The molecule has 0 aromatic carbocycles. The number of hydrogen-bond acceptors (Lipinski definition) is 12. The molecule has 0 aromatic rings. The summed E-state index contributed by atoms with van der Waals surface area (Å²) in [5.41, 5.74) is 0. The van der Waals surface area contributed by atoms with Crippen LogP contribution in [0.2, 0.25) is 0 Å². The van der Waals surface area contributed by atoms with Gasteiger partial charge in [-0.3, -0.25) is 0 Å². The van der Waals surface area contributed by atoms with Crippen LogP contribution in [-0.2, 0) is 32.4 Å². The van der Waals surface area contributed by atoms with Gasteiger partial charge in [0.15, 0.2) is 0 Å². The molecule has 0 aromatic heterocycles. The van der Waals surface area contributed by atoms with Gasteiger partial charge in [0, 0.05) is 0 Å². The van der Waals surface area contributed by atoms with Crippen LogP contribution in [0.25, 0.3) is 0 Å². The van der Waals surface area contributed by atoms with Gasteiger partial charge >= 0.3 is 170 Å². The summed E-state index contributed by atoms with van der Waals surface area (Å²) in [6.07, 6.45) is 0. The molecule has 0 saturated heterocycles. The molecule has 12 nitrogen and oxygen atoms in total. The smallest absolute Gasteiger partial charge is 2.00 e. The van der Waals surface area contributed by atoms with E-state index in [-0.39, 0.29) is 62.7 Å². The summed E-state index contributed by atoms with van der Waals surface area (Å²) in [6.45, 7) is 0. The Balaban J connectivity index is -0.0000000192. The van der Waals surface area contributed by atoms with E-state index in [0.717, 1.165) is 0 Å². The minimum Gasteiger partial charge on any atom is 2.00 e. The van der Waals surface area contributed by atoms with Gasteiger partial charge in [-0.25, -0.2) is 0 Å². The van der Waals surface area contributed by atoms with Gasteiger partial charge in [-0.1, -0.05) is 0 Å². The molecule has 0 N–H and O–H groups in total. The first kappa shape index (κ1) is 43.1. The molecule has 0 aliphatic rings. The predicted octanol–water partition coefficient (Wildman–Crippen LogP) is -12.3. The Labute approximate surface area is 167 Å². The van der Waals surface area contributed by atoms with Crippen molar-refractivity contribution in [3.63, 3.8) is 0 Å². The van der Waals surface area contributed by atoms with E-state index >= 15 is 0 Å². The molecule has 0 fully saturated rings. The van der Waals surface area contributed by atoms with Crippen LogP contribution in [0.15, 0.2) is 0 Å². The predicted molar refractivity (Wildman–Crippen MR) is 37.3 cm³/mol. The summed E-state index contributed by atoms with van der Waals surface area (Å²) in [5, 5.41) is 0. The van der Waals surface area contributed by atoms with Gasteiger partial charge in [0.1, 0.15) is 0 Å². The normalized spacial score (nSPS) is 7.37. The van der Waals surface area contributed by atoms with Gasteiger partial charge in [0.25, 0.3) is 0 Å². The van der Waals surface area contributed by atoms with Gasteiger partial charge in [0.05, 0.1) is 0 Å². The Morgan fingerprint density at radius 3 is 0.474 bits per heavy atom. The summed E-state index contributed by atoms with van der Waals surface area (Å²) in [6, 6.07) is 0. The first-order valence-electron chi connectivity index (χ1n) is 2.00. The minimum absolute atomic E-state index is 0. The van der Waals surface area contributed by atoms with Crippen molar-refractivity contribution in [1.82, 2.24) is 0 Å². The largest absolute Gasteiger partial charge is 3.00 e. The second-order valence-electron chi connectivity index (χ2n) is 0.816. The van der Waals surface area contributed by atoms with Crippen molar-refractivity contribution in [1.29, 1.82) is 0 Å². The Morgan fingerprint density at radius 1 is 0.474 bits per heavy atom. The number of rotatable bonds is 0. The van der Waals surface area contributed by atoms with Crippen molar-refractivity contribution in [3.8, 4) is 0 Å². The Morgan fingerprint density at radius 2 is 0.474 bits per heavy atom. The Bertz CT molecular complexity index is 170. The van der Waals surface area contributed by atoms with E-state index in [1.807, 2.05) is 0 Å². The maximum absolute atomic E-state index is 8.54. The second kappa shape index (κ2) is 37.3. The van der Waals surface area contributed by atoms with Crippen molar-refractivity contribution in [3.05, 3.63) is 0 Å². The molecule has 0 amide bonds. The molecule has 0 spiro atoms. The van der Waals surface area contributed by atoms with Crippen LogP contribution in [0.3, 0.4) is 0 Å². The molecule has 0 aliphatic carbocycles. The van der Waals surface area contributed by atoms with Crippen LogP contribution in [0.4, 0.5) is 0 Å². The third kappa shape index (κ3) is 849. The maximum Gasteiger partial charge on any atom is 3.00 e. The molecule has 113 valence electrons. The first-order valence-corrected chi connectivity index (χ1v) is 10.4. The molecule has 19 heteroatoms. The van der Waals surface area contributed by atoms with Gasteiger partial charge in [-0.2, -0.15) is 0 Å². The van der Waals surface area contributed by atoms with Crippen LogP contribution >= 0.6 is 0 Å². The third-order valence-electron chi connectivity index (χ3n) is 0. The summed E-state index contributed by atoms with van der Waals surface area (Å²) in [4.78, 5) is 0. The molecule has 0 heterocycles. The topological polar surface area (TPSA) is 253 Å². The van der Waals surface area contributed by atoms with Crippen LogP contribution in [0.5, 0.6) is 0 Å². The zero-order valence-corrected chi connectivity index (χ0v) is 21.5. The quantitative estimate of drug-likeness (QED) is 0.209. The summed E-state index contributed by atoms with van der Waals surface area (Å²) >= 11 is -15.2. The van der Waals surface area contributed by atoms with Crippen molar-refractivity contribution in [2.75, 3.05) is 0 Å². The van der Waals surface area contributed by atoms with E-state index < -0.39 is 58.0 Å². The molecule has 0 unspecified atom stereocenters. The molecule has 0 rings (SSSR count). The first-order chi connectivity index (χ1) is 6.93. The minimum atomic E-state index is -3.79. The van der Waals surface area contributed by atoms with Gasteiger partial charge < -0.3 is 0 Å².